The third kappa shape index (κ3) is 4.53. The number of esters is 1. The summed E-state index contributed by atoms with van der Waals surface area (Å²) in [7, 11) is 3.30. The van der Waals surface area contributed by atoms with Crippen LogP contribution in [-0.2, 0) is 9.53 Å². The van der Waals surface area contributed by atoms with E-state index in [9.17, 15) is 9.59 Å². The molecule has 2 aliphatic rings. The van der Waals surface area contributed by atoms with Gasteiger partial charge in [-0.3, -0.25) is 4.90 Å². The van der Waals surface area contributed by atoms with Crippen molar-refractivity contribution in [3.63, 3.8) is 0 Å². The van der Waals surface area contributed by atoms with Crippen molar-refractivity contribution < 1.29 is 23.8 Å². The summed E-state index contributed by atoms with van der Waals surface area (Å²) < 4.78 is 16.3. The van der Waals surface area contributed by atoms with Crippen LogP contribution >= 0.6 is 0 Å². The molecule has 2 amide bonds. The van der Waals surface area contributed by atoms with Gasteiger partial charge in [0, 0.05) is 23.8 Å². The number of hydrogen-bond donors (Lipinski definition) is 2. The molecule has 0 saturated carbocycles. The van der Waals surface area contributed by atoms with Gasteiger partial charge < -0.3 is 24.8 Å². The summed E-state index contributed by atoms with van der Waals surface area (Å²) in [6, 6.07) is 5.23. The number of urea groups is 1. The number of likely N-dealkylation sites (tertiary alicyclic amines) is 1. The van der Waals surface area contributed by atoms with E-state index in [1.807, 2.05) is 25.1 Å². The summed E-state index contributed by atoms with van der Waals surface area (Å²) in [5, 5.41) is 5.67. The van der Waals surface area contributed by atoms with Crippen molar-refractivity contribution in [2.45, 2.75) is 45.2 Å². The predicted octanol–water partition coefficient (Wildman–Crippen LogP) is 2.75. The first-order valence-corrected chi connectivity index (χ1v) is 10.5. The van der Waals surface area contributed by atoms with Crippen molar-refractivity contribution in [3.8, 4) is 11.5 Å². The van der Waals surface area contributed by atoms with Gasteiger partial charge in [-0.15, -0.1) is 0 Å². The van der Waals surface area contributed by atoms with Crippen molar-refractivity contribution in [1.82, 2.24) is 15.5 Å². The lowest BCUT2D eigenvalue weighted by Crippen LogP contribution is -2.52. The first-order chi connectivity index (χ1) is 14.5. The molecule has 2 N–H and O–H groups in total. The second-order valence-electron chi connectivity index (χ2n) is 7.41. The number of hydrogen-bond acceptors (Lipinski definition) is 6. The number of carbonyl (C=O) groups excluding carboxylic acids is 2. The van der Waals surface area contributed by atoms with E-state index in [0.717, 1.165) is 36.4 Å². The molecule has 0 radical (unpaired) electrons. The van der Waals surface area contributed by atoms with E-state index in [4.69, 9.17) is 14.2 Å². The molecule has 3 rings (SSSR count). The van der Waals surface area contributed by atoms with Crippen LogP contribution in [0, 0.1) is 0 Å². The maximum absolute atomic E-state index is 12.7. The Morgan fingerprint density at radius 1 is 1.23 bits per heavy atom. The number of methoxy groups -OCH3 is 2. The molecule has 8 heteroatoms. The van der Waals surface area contributed by atoms with E-state index in [-0.39, 0.29) is 30.7 Å². The van der Waals surface area contributed by atoms with Gasteiger partial charge in [-0.05, 0) is 50.9 Å². The molecule has 1 aromatic carbocycles. The molecule has 2 atom stereocenters. The van der Waals surface area contributed by atoms with Crippen LogP contribution in [0.3, 0.4) is 0 Å². The second kappa shape index (κ2) is 9.84. The average Bonchev–Trinajstić information content (AvgIpc) is 3.20. The zero-order valence-electron chi connectivity index (χ0n) is 18.1. The summed E-state index contributed by atoms with van der Waals surface area (Å²) >= 11 is 0. The Labute approximate surface area is 177 Å². The van der Waals surface area contributed by atoms with Crippen molar-refractivity contribution in [2.24, 2.45) is 0 Å². The molecule has 0 aromatic heterocycles. The standard InChI is InChI=1S/C22H31N3O5/c1-5-16-20(21(26)30-6-2)17(24-22(27)23-16)13-25-11-7-8-18(25)15-12-14(28-3)9-10-19(15)29-4/h9-10,12,16,18H,5-8,11,13H2,1-4H3,(H2,23,24,27)/t16-,18-/m1/s1. The first-order valence-electron chi connectivity index (χ1n) is 10.5. The summed E-state index contributed by atoms with van der Waals surface area (Å²) in [4.78, 5) is 27.1. The number of rotatable bonds is 8. The highest BCUT2D eigenvalue weighted by molar-refractivity contribution is 5.94. The summed E-state index contributed by atoms with van der Waals surface area (Å²) in [6.45, 7) is 5.30. The van der Waals surface area contributed by atoms with Crippen molar-refractivity contribution in [3.05, 3.63) is 35.0 Å². The molecule has 0 unspecified atom stereocenters. The Morgan fingerprint density at radius 3 is 2.70 bits per heavy atom. The Bertz CT molecular complexity index is 823. The van der Waals surface area contributed by atoms with Gasteiger partial charge in [0.15, 0.2) is 0 Å². The smallest absolute Gasteiger partial charge is 0.337 e. The van der Waals surface area contributed by atoms with E-state index in [1.54, 1.807) is 21.1 Å². The van der Waals surface area contributed by atoms with E-state index in [2.05, 4.69) is 15.5 Å². The number of benzene rings is 1. The van der Waals surface area contributed by atoms with Gasteiger partial charge in [0.25, 0.3) is 0 Å². The second-order valence-corrected chi connectivity index (χ2v) is 7.41. The lowest BCUT2D eigenvalue weighted by molar-refractivity contribution is -0.139. The number of ether oxygens (including phenoxy) is 3. The SMILES string of the molecule is CCOC(=O)C1=C(CN2CCC[C@@H]2c2cc(OC)ccc2OC)NC(=O)N[C@@H]1CC. The molecule has 30 heavy (non-hydrogen) atoms. The minimum atomic E-state index is -0.387. The molecular formula is C22H31N3O5. The molecule has 0 bridgehead atoms. The molecule has 2 aliphatic heterocycles. The number of nitrogens with one attached hydrogen (secondary N) is 2. The third-order valence-electron chi connectivity index (χ3n) is 5.67. The van der Waals surface area contributed by atoms with E-state index in [0.29, 0.717) is 24.2 Å². The van der Waals surface area contributed by atoms with E-state index < -0.39 is 0 Å². The fraction of sp³-hybridized carbons (Fsp3) is 0.545. The minimum absolute atomic E-state index is 0.0952. The normalized spacial score (nSPS) is 21.8. The topological polar surface area (TPSA) is 89.1 Å². The van der Waals surface area contributed by atoms with E-state index >= 15 is 0 Å². The van der Waals surface area contributed by atoms with E-state index in [1.165, 1.54) is 0 Å². The first kappa shape index (κ1) is 22.0. The zero-order chi connectivity index (χ0) is 21.7. The van der Waals surface area contributed by atoms with Gasteiger partial charge in [0.1, 0.15) is 11.5 Å². The fourth-order valence-corrected chi connectivity index (χ4v) is 4.26. The van der Waals surface area contributed by atoms with Gasteiger partial charge in [0.05, 0.1) is 32.4 Å². The average molecular weight is 418 g/mol. The fourth-order valence-electron chi connectivity index (χ4n) is 4.26. The molecule has 2 heterocycles. The third-order valence-corrected chi connectivity index (χ3v) is 5.67. The van der Waals surface area contributed by atoms with Gasteiger partial charge in [-0.25, -0.2) is 9.59 Å². The monoisotopic (exact) mass is 417 g/mol. The molecule has 8 nitrogen and oxygen atoms in total. The predicted molar refractivity (Wildman–Crippen MR) is 112 cm³/mol. The van der Waals surface area contributed by atoms with Crippen LogP contribution in [0.25, 0.3) is 0 Å². The Hall–Kier alpha value is -2.74. The Balaban J connectivity index is 1.94. The van der Waals surface area contributed by atoms with Crippen molar-refractivity contribution >= 4 is 12.0 Å². The lowest BCUT2D eigenvalue weighted by atomic mass is 9.99. The molecule has 0 spiro atoms. The molecular weight excluding hydrogens is 386 g/mol. The maximum atomic E-state index is 12.7. The van der Waals surface area contributed by atoms with Gasteiger partial charge in [-0.2, -0.15) is 0 Å². The van der Waals surface area contributed by atoms with Crippen LogP contribution in [-0.4, -0.2) is 56.9 Å². The van der Waals surface area contributed by atoms with Gasteiger partial charge in [0.2, 0.25) is 0 Å². The molecule has 164 valence electrons. The Morgan fingerprint density at radius 2 is 2.03 bits per heavy atom. The van der Waals surface area contributed by atoms with Crippen LogP contribution in [0.2, 0.25) is 0 Å². The van der Waals surface area contributed by atoms with Gasteiger partial charge >= 0.3 is 12.0 Å². The summed E-state index contributed by atoms with van der Waals surface area (Å²) in [5.41, 5.74) is 2.15. The highest BCUT2D eigenvalue weighted by Gasteiger charge is 2.35. The summed E-state index contributed by atoms with van der Waals surface area (Å²) in [5.74, 6) is 1.18. The quantitative estimate of drug-likeness (QED) is 0.633. The molecule has 1 saturated heterocycles. The van der Waals surface area contributed by atoms with Crippen molar-refractivity contribution in [1.29, 1.82) is 0 Å². The van der Waals surface area contributed by atoms with Crippen LogP contribution < -0.4 is 20.1 Å². The highest BCUT2D eigenvalue weighted by atomic mass is 16.5. The molecule has 0 aliphatic carbocycles. The van der Waals surface area contributed by atoms with Crippen LogP contribution in [0.5, 0.6) is 11.5 Å². The minimum Gasteiger partial charge on any atom is -0.497 e. The van der Waals surface area contributed by atoms with Crippen LogP contribution in [0.4, 0.5) is 4.79 Å². The number of amides is 2. The lowest BCUT2D eigenvalue weighted by Gasteiger charge is -2.32. The van der Waals surface area contributed by atoms with Crippen molar-refractivity contribution in [2.75, 3.05) is 33.9 Å². The molecule has 1 fully saturated rings. The number of nitrogens with zero attached hydrogens (tertiary/aromatic N) is 1. The zero-order valence-corrected chi connectivity index (χ0v) is 18.1. The van der Waals surface area contributed by atoms with Crippen LogP contribution in [0.1, 0.15) is 44.7 Å². The number of carbonyl (C=O) groups is 2. The summed E-state index contributed by atoms with van der Waals surface area (Å²) in [6.07, 6.45) is 2.57. The van der Waals surface area contributed by atoms with Gasteiger partial charge in [-0.1, -0.05) is 6.92 Å². The largest absolute Gasteiger partial charge is 0.497 e. The Kier molecular flexibility index (Phi) is 7.20. The maximum Gasteiger partial charge on any atom is 0.337 e. The highest BCUT2D eigenvalue weighted by Crippen LogP contribution is 2.39. The molecule has 1 aromatic rings. The van der Waals surface area contributed by atoms with Crippen LogP contribution in [0.15, 0.2) is 29.5 Å².